The average molecular weight is 431 g/mol. The van der Waals surface area contributed by atoms with Crippen LogP contribution in [0.3, 0.4) is 0 Å². The third-order valence-corrected chi connectivity index (χ3v) is 4.31. The van der Waals surface area contributed by atoms with Crippen molar-refractivity contribution in [1.82, 2.24) is 10.2 Å². The van der Waals surface area contributed by atoms with Crippen LogP contribution in [-0.2, 0) is 9.47 Å². The molecule has 1 aliphatic rings. The Balaban J connectivity index is 2.22. The van der Waals surface area contributed by atoms with E-state index in [0.29, 0.717) is 19.5 Å². The summed E-state index contributed by atoms with van der Waals surface area (Å²) in [7, 11) is 0. The number of hydrogen-bond donors (Lipinski definition) is 2. The number of nitrogens with zero attached hydrogens (tertiary/aromatic N) is 2. The van der Waals surface area contributed by atoms with Gasteiger partial charge in [0.15, 0.2) is 0 Å². The lowest BCUT2D eigenvalue weighted by Crippen LogP contribution is -2.48. The Kier molecular flexibility index (Phi) is 7.36. The Bertz CT molecular complexity index is 892. The molecule has 1 heterocycles. The van der Waals surface area contributed by atoms with Crippen LogP contribution < -0.4 is 11.1 Å². The number of nitrogen functional groups attached to an aromatic ring is 1. The summed E-state index contributed by atoms with van der Waals surface area (Å²) in [5, 5.41) is 2.60. The van der Waals surface area contributed by atoms with Crippen molar-refractivity contribution in [2.75, 3.05) is 18.8 Å². The van der Waals surface area contributed by atoms with E-state index in [-0.39, 0.29) is 5.96 Å². The number of anilines is 1. The topological polar surface area (TPSA) is 106 Å². The maximum atomic E-state index is 12.3. The summed E-state index contributed by atoms with van der Waals surface area (Å²) >= 11 is 0. The standard InChI is InChI=1S/C23H34N4O4/c1-15-14-17(24)8-9-18(15)16-10-12-27(13-11-16)19(25-20(28)30-22(2,3)4)26-21(29)31-23(5,6)7/h8-10,14H,11-13,24H2,1-7H3,(H,25,26,28,29). The van der Waals surface area contributed by atoms with E-state index < -0.39 is 23.4 Å². The first-order valence-corrected chi connectivity index (χ1v) is 10.4. The molecule has 2 rings (SSSR count). The van der Waals surface area contributed by atoms with Crippen LogP contribution in [0.25, 0.3) is 5.57 Å². The SMILES string of the molecule is Cc1cc(N)ccc1C1=CCN(/C(=N/C(=O)OC(C)(C)C)NC(=O)OC(C)(C)C)CC1. The van der Waals surface area contributed by atoms with Gasteiger partial charge in [0.2, 0.25) is 5.96 Å². The third-order valence-electron chi connectivity index (χ3n) is 4.31. The first-order chi connectivity index (χ1) is 14.2. The number of aryl methyl sites for hydroxylation is 1. The fourth-order valence-corrected chi connectivity index (χ4v) is 3.10. The van der Waals surface area contributed by atoms with Crippen LogP contribution in [0.5, 0.6) is 0 Å². The summed E-state index contributed by atoms with van der Waals surface area (Å²) in [4.78, 5) is 30.4. The normalized spacial score (nSPS) is 15.3. The number of hydrogen-bond acceptors (Lipinski definition) is 5. The third kappa shape index (κ3) is 7.96. The number of benzene rings is 1. The molecular formula is C23H34N4O4. The van der Waals surface area contributed by atoms with Crippen molar-refractivity contribution in [2.45, 2.75) is 66.1 Å². The maximum absolute atomic E-state index is 12.3. The molecule has 0 radical (unpaired) electrons. The molecule has 1 aliphatic heterocycles. The Morgan fingerprint density at radius 3 is 2.26 bits per heavy atom. The monoisotopic (exact) mass is 430 g/mol. The molecule has 1 aromatic rings. The molecule has 0 aliphatic carbocycles. The minimum atomic E-state index is -0.775. The number of aliphatic imine (C=N–C) groups is 1. The minimum Gasteiger partial charge on any atom is -0.444 e. The molecular weight excluding hydrogens is 396 g/mol. The molecule has 2 amide bonds. The highest BCUT2D eigenvalue weighted by Gasteiger charge is 2.24. The Hall–Kier alpha value is -3.03. The van der Waals surface area contributed by atoms with Crippen LogP contribution in [-0.4, -0.2) is 47.3 Å². The van der Waals surface area contributed by atoms with Gasteiger partial charge in [-0.2, -0.15) is 0 Å². The van der Waals surface area contributed by atoms with Gasteiger partial charge in [-0.1, -0.05) is 12.1 Å². The van der Waals surface area contributed by atoms with Crippen molar-refractivity contribution in [3.8, 4) is 0 Å². The van der Waals surface area contributed by atoms with Crippen molar-refractivity contribution in [3.63, 3.8) is 0 Å². The fraction of sp³-hybridized carbons (Fsp3) is 0.522. The summed E-state index contributed by atoms with van der Waals surface area (Å²) < 4.78 is 10.6. The van der Waals surface area contributed by atoms with Gasteiger partial charge in [0.1, 0.15) is 11.2 Å². The quantitative estimate of drug-likeness (QED) is 0.386. The molecule has 8 nitrogen and oxygen atoms in total. The van der Waals surface area contributed by atoms with Crippen LogP contribution in [0, 0.1) is 6.92 Å². The van der Waals surface area contributed by atoms with Crippen molar-refractivity contribution in [2.24, 2.45) is 4.99 Å². The number of guanidine groups is 1. The summed E-state index contributed by atoms with van der Waals surface area (Å²) in [6.45, 7) is 13.6. The van der Waals surface area contributed by atoms with E-state index in [4.69, 9.17) is 15.2 Å². The molecule has 3 N–H and O–H groups in total. The zero-order chi connectivity index (χ0) is 23.4. The smallest absolute Gasteiger partial charge is 0.437 e. The van der Waals surface area contributed by atoms with Crippen molar-refractivity contribution < 1.29 is 19.1 Å². The molecule has 1 aromatic carbocycles. The molecule has 0 aromatic heterocycles. The number of ether oxygens (including phenoxy) is 2. The second kappa shape index (κ2) is 9.41. The van der Waals surface area contributed by atoms with Gasteiger partial charge in [0.05, 0.1) is 0 Å². The molecule has 170 valence electrons. The Labute approximate surface area is 184 Å². The van der Waals surface area contributed by atoms with Gasteiger partial charge in [-0.3, -0.25) is 5.32 Å². The molecule has 0 fully saturated rings. The first kappa shape index (κ1) is 24.2. The number of carbonyl (C=O) groups is 2. The van der Waals surface area contributed by atoms with E-state index in [1.807, 2.05) is 30.0 Å². The number of amides is 2. The van der Waals surface area contributed by atoms with Crippen LogP contribution in [0.4, 0.5) is 15.3 Å². The fourth-order valence-electron chi connectivity index (χ4n) is 3.10. The van der Waals surface area contributed by atoms with E-state index >= 15 is 0 Å². The summed E-state index contributed by atoms with van der Waals surface area (Å²) in [6.07, 6.45) is 1.32. The van der Waals surface area contributed by atoms with E-state index in [1.165, 1.54) is 5.57 Å². The van der Waals surface area contributed by atoms with Crippen molar-refractivity contribution in [1.29, 1.82) is 0 Å². The van der Waals surface area contributed by atoms with Gasteiger partial charge in [-0.05, 0) is 83.7 Å². The molecule has 0 spiro atoms. The summed E-state index contributed by atoms with van der Waals surface area (Å²) in [6, 6.07) is 5.85. The molecule has 0 saturated heterocycles. The lowest BCUT2D eigenvalue weighted by atomic mass is 9.95. The van der Waals surface area contributed by atoms with E-state index in [1.54, 1.807) is 41.5 Å². The lowest BCUT2D eigenvalue weighted by Gasteiger charge is -2.30. The highest BCUT2D eigenvalue weighted by molar-refractivity contribution is 5.99. The zero-order valence-corrected chi connectivity index (χ0v) is 19.5. The Morgan fingerprint density at radius 1 is 1.10 bits per heavy atom. The Morgan fingerprint density at radius 2 is 1.74 bits per heavy atom. The highest BCUT2D eigenvalue weighted by atomic mass is 16.6. The number of nitrogens with two attached hydrogens (primary N) is 1. The molecule has 31 heavy (non-hydrogen) atoms. The maximum Gasteiger partial charge on any atom is 0.437 e. The summed E-state index contributed by atoms with van der Waals surface area (Å²) in [5.41, 5.74) is 8.64. The van der Waals surface area contributed by atoms with Crippen LogP contribution >= 0.6 is 0 Å². The number of alkyl carbamates (subject to hydrolysis) is 1. The predicted molar refractivity (Wildman–Crippen MR) is 123 cm³/mol. The minimum absolute atomic E-state index is 0.104. The van der Waals surface area contributed by atoms with Gasteiger partial charge in [-0.15, -0.1) is 4.99 Å². The van der Waals surface area contributed by atoms with Crippen LogP contribution in [0.15, 0.2) is 29.3 Å². The van der Waals surface area contributed by atoms with Gasteiger partial charge in [0, 0.05) is 18.8 Å². The van der Waals surface area contributed by atoms with Gasteiger partial charge >= 0.3 is 12.2 Å². The second-order valence-corrected chi connectivity index (χ2v) is 9.54. The molecule has 0 bridgehead atoms. The lowest BCUT2D eigenvalue weighted by molar-refractivity contribution is 0.0555. The molecule has 0 atom stereocenters. The molecule has 8 heteroatoms. The molecule has 0 unspecified atom stereocenters. The predicted octanol–water partition coefficient (Wildman–Crippen LogP) is 4.48. The van der Waals surface area contributed by atoms with Gasteiger partial charge in [0.25, 0.3) is 0 Å². The van der Waals surface area contributed by atoms with Crippen LogP contribution in [0.1, 0.15) is 59.1 Å². The second-order valence-electron chi connectivity index (χ2n) is 9.54. The number of nitrogens with one attached hydrogen (secondary N) is 1. The number of carbonyl (C=O) groups excluding carboxylic acids is 2. The molecule has 0 saturated carbocycles. The number of rotatable bonds is 1. The van der Waals surface area contributed by atoms with E-state index in [0.717, 1.165) is 16.8 Å². The average Bonchev–Trinajstić information content (AvgIpc) is 2.58. The van der Waals surface area contributed by atoms with Gasteiger partial charge in [-0.25, -0.2) is 9.59 Å². The zero-order valence-electron chi connectivity index (χ0n) is 19.5. The van der Waals surface area contributed by atoms with Gasteiger partial charge < -0.3 is 20.1 Å². The first-order valence-electron chi connectivity index (χ1n) is 10.4. The van der Waals surface area contributed by atoms with E-state index in [2.05, 4.69) is 16.4 Å². The van der Waals surface area contributed by atoms with Crippen molar-refractivity contribution >= 4 is 29.4 Å². The highest BCUT2D eigenvalue weighted by Crippen LogP contribution is 2.26. The largest absolute Gasteiger partial charge is 0.444 e. The van der Waals surface area contributed by atoms with E-state index in [9.17, 15) is 9.59 Å². The summed E-state index contributed by atoms with van der Waals surface area (Å²) in [5.74, 6) is 0.104. The van der Waals surface area contributed by atoms with Crippen LogP contribution in [0.2, 0.25) is 0 Å². The van der Waals surface area contributed by atoms with Crippen molar-refractivity contribution in [3.05, 3.63) is 35.4 Å².